The van der Waals surface area contributed by atoms with Gasteiger partial charge in [-0.3, -0.25) is 5.32 Å². The molecule has 0 aliphatic carbocycles. The number of anilines is 1. The van der Waals surface area contributed by atoms with Crippen LogP contribution >= 0.6 is 23.4 Å². The van der Waals surface area contributed by atoms with Crippen LogP contribution in [-0.2, 0) is 0 Å². The van der Waals surface area contributed by atoms with Gasteiger partial charge >= 0.3 is 0 Å². The summed E-state index contributed by atoms with van der Waals surface area (Å²) in [6.07, 6.45) is 6.04. The van der Waals surface area contributed by atoms with Gasteiger partial charge in [0.2, 0.25) is 5.69 Å². The zero-order valence-corrected chi connectivity index (χ0v) is 17.0. The number of nitrogens with zero attached hydrogens (tertiary/aromatic N) is 3. The molecule has 2 N–H and O–H groups in total. The second-order valence-electron chi connectivity index (χ2n) is 6.55. The number of aromatic nitrogens is 2. The summed E-state index contributed by atoms with van der Waals surface area (Å²) in [6.45, 7) is 4.19. The molecule has 2 aromatic rings. The first-order chi connectivity index (χ1) is 12.2. The van der Waals surface area contributed by atoms with E-state index in [2.05, 4.69) is 33.4 Å². The van der Waals surface area contributed by atoms with Crippen molar-refractivity contribution in [3.63, 3.8) is 0 Å². The predicted octanol–water partition coefficient (Wildman–Crippen LogP) is 0.774. The van der Waals surface area contributed by atoms with E-state index < -0.39 is 0 Å². The largest absolute Gasteiger partial charge is 1.00 e. The fourth-order valence-electron chi connectivity index (χ4n) is 3.37. The highest BCUT2D eigenvalue weighted by Gasteiger charge is 2.28. The molecule has 3 heterocycles. The van der Waals surface area contributed by atoms with Crippen molar-refractivity contribution in [2.75, 3.05) is 23.7 Å². The molecule has 0 radical (unpaired) electrons. The maximum Gasteiger partial charge on any atom is 0.203 e. The molecular weight excluding hydrogens is 387 g/mol. The van der Waals surface area contributed by atoms with E-state index in [1.54, 1.807) is 0 Å². The summed E-state index contributed by atoms with van der Waals surface area (Å²) in [6, 6.07) is 8.01. The molecule has 26 heavy (non-hydrogen) atoms. The van der Waals surface area contributed by atoms with Crippen LogP contribution in [0.1, 0.15) is 30.8 Å². The van der Waals surface area contributed by atoms with E-state index in [0.29, 0.717) is 0 Å². The van der Waals surface area contributed by atoms with Gasteiger partial charge < -0.3 is 17.3 Å². The number of fused-ring (bicyclic) bond motifs is 1. The zero-order chi connectivity index (χ0) is 17.2. The van der Waals surface area contributed by atoms with E-state index in [0.717, 1.165) is 41.2 Å². The number of aryl methyl sites for hydroxylation is 1. The van der Waals surface area contributed by atoms with Crippen LogP contribution in [0.15, 0.2) is 34.9 Å². The third kappa shape index (κ3) is 4.34. The Balaban J connectivity index is 0.00000196. The molecule has 2 aliphatic rings. The Morgan fingerprint density at radius 2 is 1.85 bits per heavy atom. The van der Waals surface area contributed by atoms with E-state index in [-0.39, 0.29) is 12.4 Å². The van der Waals surface area contributed by atoms with E-state index >= 15 is 0 Å². The van der Waals surface area contributed by atoms with Crippen LogP contribution in [0.3, 0.4) is 0 Å². The lowest BCUT2D eigenvalue weighted by Crippen LogP contribution is -3.00. The van der Waals surface area contributed by atoms with Crippen molar-refractivity contribution in [3.05, 3.63) is 46.5 Å². The molecule has 1 aromatic carbocycles. The van der Waals surface area contributed by atoms with E-state index in [9.17, 15) is 0 Å². The van der Waals surface area contributed by atoms with E-state index in [1.807, 2.05) is 30.8 Å². The second kappa shape index (κ2) is 8.61. The number of nitrogens with two attached hydrogens (primary N) is 1. The summed E-state index contributed by atoms with van der Waals surface area (Å²) in [5, 5.41) is 3.04. The third-order valence-electron chi connectivity index (χ3n) is 4.59. The molecule has 1 fully saturated rings. The Labute approximate surface area is 169 Å². The summed E-state index contributed by atoms with van der Waals surface area (Å²) >= 11 is 7.78. The van der Waals surface area contributed by atoms with Crippen LogP contribution in [-0.4, -0.2) is 28.8 Å². The summed E-state index contributed by atoms with van der Waals surface area (Å²) in [4.78, 5) is 13.1. The standard InChI is InChI=1S/C19H21ClN4S.ClH/c1-13-21-17-11-15(12-25-16-7-5-14(20)6-8-16)23-18(17)19(22-13)24-9-3-2-4-10-24;/h5-8,11,23H,2-4,9-10,12H2,1H3;1H. The van der Waals surface area contributed by atoms with Gasteiger partial charge in [0.25, 0.3) is 0 Å². The monoisotopic (exact) mass is 408 g/mol. The Morgan fingerprint density at radius 3 is 2.58 bits per heavy atom. The highest BCUT2D eigenvalue weighted by Crippen LogP contribution is 2.31. The Bertz CT molecular complexity index is 802. The van der Waals surface area contributed by atoms with E-state index in [1.165, 1.54) is 35.5 Å². The van der Waals surface area contributed by atoms with Gasteiger partial charge in [-0.25, -0.2) is 9.97 Å². The van der Waals surface area contributed by atoms with Crippen LogP contribution in [0.4, 0.5) is 11.5 Å². The maximum atomic E-state index is 5.96. The van der Waals surface area contributed by atoms with Crippen molar-refractivity contribution in [2.24, 2.45) is 0 Å². The SMILES string of the molecule is Cc1nc2c(c(N3CCCCC3)n1)[NH2+]C(CSc1ccc(Cl)cc1)=C2.[Cl-]. The van der Waals surface area contributed by atoms with Crippen molar-refractivity contribution in [3.8, 4) is 0 Å². The highest BCUT2D eigenvalue weighted by molar-refractivity contribution is 7.99. The molecule has 0 bridgehead atoms. The van der Waals surface area contributed by atoms with Gasteiger partial charge in [0, 0.05) is 29.1 Å². The van der Waals surface area contributed by atoms with Crippen molar-refractivity contribution in [2.45, 2.75) is 31.1 Å². The van der Waals surface area contributed by atoms with Gasteiger partial charge in [0.05, 0.1) is 5.75 Å². The van der Waals surface area contributed by atoms with Crippen LogP contribution in [0.25, 0.3) is 6.08 Å². The van der Waals surface area contributed by atoms with Gasteiger partial charge in [0.1, 0.15) is 17.2 Å². The number of benzene rings is 1. The zero-order valence-electron chi connectivity index (χ0n) is 14.7. The average molecular weight is 409 g/mol. The molecule has 0 spiro atoms. The Hall–Kier alpha value is -1.27. The molecule has 0 amide bonds. The predicted molar refractivity (Wildman–Crippen MR) is 105 cm³/mol. The first-order valence-electron chi connectivity index (χ1n) is 8.76. The van der Waals surface area contributed by atoms with Crippen molar-refractivity contribution >= 4 is 40.9 Å². The van der Waals surface area contributed by atoms with Crippen molar-refractivity contribution in [1.29, 1.82) is 0 Å². The summed E-state index contributed by atoms with van der Waals surface area (Å²) in [5.74, 6) is 2.90. The molecular formula is C19H22Cl2N4S. The summed E-state index contributed by atoms with van der Waals surface area (Å²) < 4.78 is 0. The number of halogens is 2. The van der Waals surface area contributed by atoms with Crippen LogP contribution in [0.2, 0.25) is 5.02 Å². The minimum absolute atomic E-state index is 0. The number of rotatable bonds is 4. The van der Waals surface area contributed by atoms with Gasteiger partial charge in [-0.2, -0.15) is 0 Å². The number of quaternary nitrogens is 1. The average Bonchev–Trinajstić information content (AvgIpc) is 3.04. The molecule has 0 unspecified atom stereocenters. The maximum absolute atomic E-state index is 5.96. The molecule has 0 saturated carbocycles. The third-order valence-corrected chi connectivity index (χ3v) is 5.93. The molecule has 138 valence electrons. The van der Waals surface area contributed by atoms with Gasteiger partial charge in [-0.15, -0.1) is 11.8 Å². The van der Waals surface area contributed by atoms with E-state index in [4.69, 9.17) is 16.6 Å². The lowest BCUT2D eigenvalue weighted by molar-refractivity contribution is -0.510. The number of thioether (sulfide) groups is 1. The first kappa shape index (κ1) is 19.5. The van der Waals surface area contributed by atoms with Crippen LogP contribution in [0, 0.1) is 6.92 Å². The minimum atomic E-state index is 0. The Morgan fingerprint density at radius 1 is 1.12 bits per heavy atom. The molecule has 2 aliphatic heterocycles. The normalized spacial score (nSPS) is 16.1. The Kier molecular flexibility index (Phi) is 6.46. The van der Waals surface area contributed by atoms with Crippen LogP contribution < -0.4 is 22.6 Å². The highest BCUT2D eigenvalue weighted by atomic mass is 35.5. The summed E-state index contributed by atoms with van der Waals surface area (Å²) in [5.41, 5.74) is 3.56. The molecule has 4 nitrogen and oxygen atoms in total. The summed E-state index contributed by atoms with van der Waals surface area (Å²) in [7, 11) is 0. The quantitative estimate of drug-likeness (QED) is 0.759. The topological polar surface area (TPSA) is 45.6 Å². The van der Waals surface area contributed by atoms with Gasteiger partial charge in [0.15, 0.2) is 5.82 Å². The lowest BCUT2D eigenvalue weighted by atomic mass is 10.1. The van der Waals surface area contributed by atoms with Crippen molar-refractivity contribution in [1.82, 2.24) is 9.97 Å². The van der Waals surface area contributed by atoms with Crippen molar-refractivity contribution < 1.29 is 17.7 Å². The number of hydrogen-bond acceptors (Lipinski definition) is 4. The first-order valence-corrected chi connectivity index (χ1v) is 10.1. The fourth-order valence-corrected chi connectivity index (χ4v) is 4.32. The minimum Gasteiger partial charge on any atom is -1.00 e. The molecule has 1 saturated heterocycles. The molecule has 0 atom stereocenters. The molecule has 7 heteroatoms. The smallest absolute Gasteiger partial charge is 0.203 e. The fraction of sp³-hybridized carbons (Fsp3) is 0.368. The van der Waals surface area contributed by atoms with Gasteiger partial charge in [-0.1, -0.05) is 11.6 Å². The van der Waals surface area contributed by atoms with Crippen LogP contribution in [0.5, 0.6) is 0 Å². The number of piperidine rings is 1. The second-order valence-corrected chi connectivity index (χ2v) is 8.03. The molecule has 1 aromatic heterocycles. The lowest BCUT2D eigenvalue weighted by Gasteiger charge is -2.28. The van der Waals surface area contributed by atoms with Gasteiger partial charge in [-0.05, 0) is 50.5 Å². The molecule has 4 rings (SSSR count). The number of hydrogen-bond donors (Lipinski definition) is 1.